The highest BCUT2D eigenvalue weighted by Gasteiger charge is 2.65. The van der Waals surface area contributed by atoms with Crippen LogP contribution in [-0.2, 0) is 20.9 Å². The summed E-state index contributed by atoms with van der Waals surface area (Å²) in [7, 11) is 2.71. The predicted molar refractivity (Wildman–Crippen MR) is 193 cm³/mol. The highest BCUT2D eigenvalue weighted by Crippen LogP contribution is 2.46. The van der Waals surface area contributed by atoms with Crippen LogP contribution in [0.5, 0.6) is 17.2 Å². The zero-order valence-corrected chi connectivity index (χ0v) is 30.3. The molecule has 6 atom stereocenters. The number of carbonyl (C=O) groups excluding carboxylic acids is 4. The normalized spacial score (nSPS) is 25.2. The fourth-order valence-electron chi connectivity index (χ4n) is 7.13. The average molecular weight is 777 g/mol. The van der Waals surface area contributed by atoms with Crippen LogP contribution in [0.4, 0.5) is 5.82 Å². The second kappa shape index (κ2) is 14.9. The predicted octanol–water partition coefficient (Wildman–Crippen LogP) is -1.54. The number of ketones is 2. The van der Waals surface area contributed by atoms with Crippen LogP contribution in [-0.4, -0.2) is 127 Å². The lowest BCUT2D eigenvalue weighted by atomic mass is 9.74. The Bertz CT molecular complexity index is 2180. The number of aliphatic hydroxyl groups is 5. The van der Waals surface area contributed by atoms with Crippen molar-refractivity contribution in [1.82, 2.24) is 15.2 Å². The third-order valence-electron chi connectivity index (χ3n) is 10.2. The smallest absolute Gasteiger partial charge is 0.253 e. The Kier molecular flexibility index (Phi) is 10.6. The Hall–Kier alpha value is -5.96. The van der Waals surface area contributed by atoms with E-state index >= 15 is 0 Å². The van der Waals surface area contributed by atoms with Gasteiger partial charge >= 0.3 is 0 Å². The van der Waals surface area contributed by atoms with Gasteiger partial charge in [-0.2, -0.15) is 0 Å². The first-order valence-corrected chi connectivity index (χ1v) is 17.1. The third-order valence-corrected chi connectivity index (χ3v) is 10.2. The zero-order valence-electron chi connectivity index (χ0n) is 30.3. The molecule has 1 saturated heterocycles. The van der Waals surface area contributed by atoms with Gasteiger partial charge < -0.3 is 61.6 Å². The van der Waals surface area contributed by atoms with Gasteiger partial charge in [0.05, 0.1) is 18.2 Å². The molecule has 296 valence electrons. The van der Waals surface area contributed by atoms with E-state index < -0.39 is 95.8 Å². The number of fused-ring (bicyclic) bond motifs is 2. The van der Waals surface area contributed by atoms with Crippen molar-refractivity contribution < 1.29 is 64.0 Å². The summed E-state index contributed by atoms with van der Waals surface area (Å²) in [6.07, 6.45) is -4.14. The van der Waals surface area contributed by atoms with Crippen molar-refractivity contribution in [2.75, 3.05) is 33.0 Å². The summed E-state index contributed by atoms with van der Waals surface area (Å²) in [5.41, 5.74) is 8.55. The summed E-state index contributed by atoms with van der Waals surface area (Å²) in [6.45, 7) is -0.247. The summed E-state index contributed by atoms with van der Waals surface area (Å²) in [5, 5.41) is 71.4. The fourth-order valence-corrected chi connectivity index (χ4v) is 7.13. The van der Waals surface area contributed by atoms with E-state index in [1.165, 1.54) is 44.6 Å². The number of phenolic OH excluding ortho intramolecular Hbond substituents is 1. The van der Waals surface area contributed by atoms with Gasteiger partial charge in [0.25, 0.3) is 11.8 Å². The topological polar surface area (TPSA) is 310 Å². The maximum Gasteiger partial charge on any atom is 0.253 e. The number of phenols is 1. The molecule has 1 aromatic heterocycles. The minimum absolute atomic E-state index is 0.000762. The number of amides is 2. The molecule has 3 aromatic rings. The molecule has 2 amide bonds. The van der Waals surface area contributed by atoms with Crippen LogP contribution < -0.4 is 26.3 Å². The SMILES string of the molecule is CN=C(N)NCc1c(C)cc2c(c1O)C(=O)c1c(O[C@@H]3O[C@](O)(CO)[C@](O)(C[C@H](CN4C(=O)C=CC4=O)c4ccnc(N)c4)[C@H](O)[C@H]3O)cc(OC)cc1C2=O. The van der Waals surface area contributed by atoms with Crippen LogP contribution in [0.2, 0.25) is 0 Å². The summed E-state index contributed by atoms with van der Waals surface area (Å²) < 4.78 is 16.9. The largest absolute Gasteiger partial charge is 0.507 e. The van der Waals surface area contributed by atoms with Gasteiger partial charge in [-0.15, -0.1) is 0 Å². The number of nitrogen functional groups attached to an aromatic ring is 1. The Morgan fingerprint density at radius 2 is 1.75 bits per heavy atom. The van der Waals surface area contributed by atoms with Gasteiger partial charge in [-0.05, 0) is 48.7 Å². The number of aromatic hydroxyl groups is 1. The summed E-state index contributed by atoms with van der Waals surface area (Å²) in [6, 6.07) is 6.68. The van der Waals surface area contributed by atoms with Crippen LogP contribution in [0, 0.1) is 6.92 Å². The summed E-state index contributed by atoms with van der Waals surface area (Å²) in [4.78, 5) is 61.7. The number of aliphatic imine (C=N–C) groups is 1. The van der Waals surface area contributed by atoms with Crippen molar-refractivity contribution in [2.24, 2.45) is 10.7 Å². The first kappa shape index (κ1) is 39.7. The lowest BCUT2D eigenvalue weighted by Crippen LogP contribution is -2.75. The molecule has 11 N–H and O–H groups in total. The van der Waals surface area contributed by atoms with E-state index in [4.69, 9.17) is 25.7 Å². The number of guanidine groups is 1. The van der Waals surface area contributed by atoms with Crippen molar-refractivity contribution in [2.45, 2.75) is 55.7 Å². The second-order valence-electron chi connectivity index (χ2n) is 13.6. The average Bonchev–Trinajstić information content (AvgIpc) is 3.49. The number of anilines is 1. The van der Waals surface area contributed by atoms with E-state index in [0.29, 0.717) is 11.1 Å². The fraction of sp³-hybridized carbons (Fsp3) is 0.351. The molecule has 0 saturated carbocycles. The van der Waals surface area contributed by atoms with Crippen molar-refractivity contribution in [3.63, 3.8) is 0 Å². The van der Waals surface area contributed by atoms with Gasteiger partial charge in [0.2, 0.25) is 17.9 Å². The number of nitrogens with two attached hydrogens (primary N) is 2. The molecule has 0 radical (unpaired) electrons. The molecule has 6 rings (SSSR count). The van der Waals surface area contributed by atoms with E-state index in [1.807, 2.05) is 0 Å². The molecule has 19 heteroatoms. The number of carbonyl (C=O) groups is 4. The summed E-state index contributed by atoms with van der Waals surface area (Å²) >= 11 is 0. The van der Waals surface area contributed by atoms with Gasteiger partial charge in [-0.1, -0.05) is 0 Å². The van der Waals surface area contributed by atoms with Crippen LogP contribution >= 0.6 is 0 Å². The number of methoxy groups -OCH3 is 1. The van der Waals surface area contributed by atoms with E-state index in [-0.39, 0.29) is 46.3 Å². The number of aryl methyl sites for hydroxylation is 1. The molecular weight excluding hydrogens is 736 g/mol. The minimum atomic E-state index is -3.13. The first-order valence-electron chi connectivity index (χ1n) is 17.1. The molecule has 56 heavy (non-hydrogen) atoms. The third kappa shape index (κ3) is 6.69. The van der Waals surface area contributed by atoms with Crippen molar-refractivity contribution in [1.29, 1.82) is 0 Å². The number of nitrogens with zero attached hydrogens (tertiary/aromatic N) is 3. The number of hydrogen-bond donors (Lipinski definition) is 9. The standard InChI is InChI=1S/C37H40N6O13/c1-16-8-20-28(30(48)22(16)13-42-35(39)40-2)31(49)27-21(29(20)47)10-19(54-3)11-23(27)55-34-32(50)33(51)36(52,37(53,15-44)56-34)12-18(17-6-7-41-24(38)9-17)14-43-25(45)4-5-26(43)46/h4-11,18,32-34,44,48,50-53H,12-15H2,1-3H3,(H2,38,41)(H3,39,40,42)/t18-,32-,33-,34-,36+,37-/m1/s1. The quantitative estimate of drug-likeness (QED) is 0.0474. The molecule has 3 heterocycles. The number of aliphatic hydroxyl groups excluding tert-OH is 3. The molecule has 0 unspecified atom stereocenters. The Morgan fingerprint density at radius 1 is 1.07 bits per heavy atom. The highest BCUT2D eigenvalue weighted by molar-refractivity contribution is 6.30. The first-order chi connectivity index (χ1) is 26.5. The van der Waals surface area contributed by atoms with Gasteiger partial charge in [0, 0.05) is 67.2 Å². The maximum absolute atomic E-state index is 14.2. The molecule has 0 bridgehead atoms. The number of hydrogen-bond acceptors (Lipinski definition) is 16. The number of pyridine rings is 1. The van der Waals surface area contributed by atoms with E-state index in [1.54, 1.807) is 6.92 Å². The van der Waals surface area contributed by atoms with Crippen LogP contribution in [0.25, 0.3) is 0 Å². The highest BCUT2D eigenvalue weighted by atomic mass is 16.8. The summed E-state index contributed by atoms with van der Waals surface area (Å²) in [5.74, 6) is -8.09. The number of benzene rings is 2. The van der Waals surface area contributed by atoms with Gasteiger partial charge in [0.1, 0.15) is 47.5 Å². The molecule has 2 aliphatic heterocycles. The molecule has 0 spiro atoms. The van der Waals surface area contributed by atoms with Gasteiger partial charge in [-0.25, -0.2) is 4.98 Å². The Balaban J connectivity index is 1.36. The number of aromatic nitrogens is 1. The maximum atomic E-state index is 14.2. The van der Waals surface area contributed by atoms with Gasteiger partial charge in [-0.3, -0.25) is 29.1 Å². The lowest BCUT2D eigenvalue weighted by molar-refractivity contribution is -0.420. The van der Waals surface area contributed by atoms with Crippen LogP contribution in [0.1, 0.15) is 60.9 Å². The molecule has 1 fully saturated rings. The van der Waals surface area contributed by atoms with Crippen molar-refractivity contribution >= 4 is 35.2 Å². The van der Waals surface area contributed by atoms with E-state index in [0.717, 1.165) is 23.1 Å². The Morgan fingerprint density at radius 3 is 2.38 bits per heavy atom. The van der Waals surface area contributed by atoms with Crippen LogP contribution in [0.15, 0.2) is 53.7 Å². The Labute approximate surface area is 318 Å². The number of rotatable bonds is 11. The minimum Gasteiger partial charge on any atom is -0.507 e. The van der Waals surface area contributed by atoms with Crippen molar-refractivity contribution in [3.8, 4) is 17.2 Å². The zero-order chi connectivity index (χ0) is 40.9. The van der Waals surface area contributed by atoms with Gasteiger partial charge in [0.15, 0.2) is 11.7 Å². The second-order valence-corrected chi connectivity index (χ2v) is 13.6. The molecule has 2 aromatic carbocycles. The number of nitrogens with one attached hydrogen (secondary N) is 1. The number of imide groups is 1. The lowest BCUT2D eigenvalue weighted by Gasteiger charge is -2.53. The van der Waals surface area contributed by atoms with E-state index in [9.17, 15) is 49.8 Å². The molecular formula is C37H40N6O13. The van der Waals surface area contributed by atoms with Crippen molar-refractivity contribution in [3.05, 3.63) is 87.6 Å². The van der Waals surface area contributed by atoms with Crippen LogP contribution in [0.3, 0.4) is 0 Å². The van der Waals surface area contributed by atoms with E-state index in [2.05, 4.69) is 15.3 Å². The molecule has 1 aliphatic carbocycles. The molecule has 19 nitrogen and oxygen atoms in total. The monoisotopic (exact) mass is 776 g/mol. The number of ether oxygens (including phenoxy) is 3. The molecule has 3 aliphatic rings.